The van der Waals surface area contributed by atoms with Crippen molar-refractivity contribution < 1.29 is 4.79 Å². The van der Waals surface area contributed by atoms with Gasteiger partial charge in [0, 0.05) is 12.5 Å². The quantitative estimate of drug-likeness (QED) is 0.637. The van der Waals surface area contributed by atoms with Crippen molar-refractivity contribution in [3.05, 3.63) is 0 Å². The van der Waals surface area contributed by atoms with E-state index in [1.54, 1.807) is 0 Å². The first-order valence-electron chi connectivity index (χ1n) is 4.03. The van der Waals surface area contributed by atoms with E-state index in [1.165, 1.54) is 0 Å². The molecule has 0 aromatic heterocycles. The summed E-state index contributed by atoms with van der Waals surface area (Å²) in [5.74, 6) is 0.161. The Morgan fingerprint density at radius 1 is 1.30 bits per heavy atom. The van der Waals surface area contributed by atoms with Crippen LogP contribution in [-0.2, 0) is 4.79 Å². The molecule has 2 nitrogen and oxygen atoms in total. The number of rotatable bonds is 4. The van der Waals surface area contributed by atoms with Gasteiger partial charge in [0.15, 0.2) is 0 Å². The highest BCUT2D eigenvalue weighted by Gasteiger charge is 2.04. The third-order valence-corrected chi connectivity index (χ3v) is 1.67. The second-order valence-corrected chi connectivity index (χ2v) is 2.43. The average Bonchev–Trinajstić information content (AvgIpc) is 1.99. The molecule has 0 spiro atoms. The Bertz CT molecular complexity index is 97.4. The fourth-order valence-electron chi connectivity index (χ4n) is 0.823. The number of hydrogen-bond donors (Lipinski definition) is 1. The van der Waals surface area contributed by atoms with Crippen molar-refractivity contribution in [3.8, 4) is 0 Å². The number of carbonyl (C=O) groups excluding carboxylic acids is 1. The van der Waals surface area contributed by atoms with Crippen LogP contribution >= 0.6 is 0 Å². The predicted molar refractivity (Wildman–Crippen MR) is 42.8 cm³/mol. The summed E-state index contributed by atoms with van der Waals surface area (Å²) >= 11 is 0. The number of carbonyl (C=O) groups is 1. The van der Waals surface area contributed by atoms with Gasteiger partial charge in [-0.15, -0.1) is 0 Å². The van der Waals surface area contributed by atoms with Crippen LogP contribution in [0.1, 0.15) is 40.0 Å². The number of amides is 1. The number of hydrogen-bond acceptors (Lipinski definition) is 1. The van der Waals surface area contributed by atoms with Crippen LogP contribution < -0.4 is 5.32 Å². The topological polar surface area (TPSA) is 29.1 Å². The monoisotopic (exact) mass is 143 g/mol. The maximum absolute atomic E-state index is 10.8. The van der Waals surface area contributed by atoms with Gasteiger partial charge >= 0.3 is 0 Å². The smallest absolute Gasteiger partial charge is 0.219 e. The Morgan fingerprint density at radius 2 is 1.80 bits per heavy atom. The van der Waals surface area contributed by atoms with Gasteiger partial charge < -0.3 is 5.32 Å². The van der Waals surface area contributed by atoms with Gasteiger partial charge in [-0.05, 0) is 12.8 Å². The fraction of sp³-hybridized carbons (Fsp3) is 0.875. The van der Waals surface area contributed by atoms with E-state index in [2.05, 4.69) is 19.2 Å². The molecule has 0 aliphatic rings. The van der Waals surface area contributed by atoms with Gasteiger partial charge in [-0.3, -0.25) is 4.79 Å². The van der Waals surface area contributed by atoms with Gasteiger partial charge in [-0.2, -0.15) is 0 Å². The Labute approximate surface area is 63.0 Å². The van der Waals surface area contributed by atoms with Crippen molar-refractivity contribution in [2.75, 3.05) is 0 Å². The van der Waals surface area contributed by atoms with E-state index in [0.717, 1.165) is 12.8 Å². The van der Waals surface area contributed by atoms with E-state index in [0.29, 0.717) is 12.5 Å². The van der Waals surface area contributed by atoms with Gasteiger partial charge in [0.1, 0.15) is 0 Å². The maximum atomic E-state index is 10.8. The van der Waals surface area contributed by atoms with E-state index in [1.807, 2.05) is 6.92 Å². The van der Waals surface area contributed by atoms with Gasteiger partial charge in [0.2, 0.25) is 5.91 Å². The minimum absolute atomic E-state index is 0.161. The zero-order chi connectivity index (χ0) is 7.98. The second-order valence-electron chi connectivity index (χ2n) is 2.43. The minimum atomic E-state index is 0.161. The van der Waals surface area contributed by atoms with E-state index in [4.69, 9.17) is 0 Å². The van der Waals surface area contributed by atoms with Crippen LogP contribution in [0.2, 0.25) is 0 Å². The third kappa shape index (κ3) is 3.49. The number of nitrogens with one attached hydrogen (secondary N) is 1. The zero-order valence-electron chi connectivity index (χ0n) is 7.11. The van der Waals surface area contributed by atoms with Gasteiger partial charge in [0.25, 0.3) is 0 Å². The van der Waals surface area contributed by atoms with Crippen LogP contribution in [0, 0.1) is 0 Å². The summed E-state index contributed by atoms with van der Waals surface area (Å²) in [7, 11) is 0. The summed E-state index contributed by atoms with van der Waals surface area (Å²) in [5, 5.41) is 2.93. The SMILES string of the molecule is CCC(=O)NC(CC)CC. The van der Waals surface area contributed by atoms with Gasteiger partial charge in [-0.25, -0.2) is 0 Å². The van der Waals surface area contributed by atoms with E-state index in [-0.39, 0.29) is 5.91 Å². The molecule has 0 bridgehead atoms. The van der Waals surface area contributed by atoms with Crippen LogP contribution in [0.4, 0.5) is 0 Å². The van der Waals surface area contributed by atoms with E-state index in [9.17, 15) is 4.79 Å². The van der Waals surface area contributed by atoms with Crippen molar-refractivity contribution >= 4 is 5.91 Å². The molecule has 0 aliphatic carbocycles. The summed E-state index contributed by atoms with van der Waals surface area (Å²) in [5.41, 5.74) is 0. The molecule has 0 saturated carbocycles. The molecule has 1 N–H and O–H groups in total. The first-order chi connectivity index (χ1) is 4.74. The lowest BCUT2D eigenvalue weighted by atomic mass is 10.2. The molecule has 0 aromatic carbocycles. The molecular formula is C8H17NO. The summed E-state index contributed by atoms with van der Waals surface area (Å²) in [6.45, 7) is 6.05. The normalized spacial score (nSPS) is 10.0. The molecule has 0 heterocycles. The summed E-state index contributed by atoms with van der Waals surface area (Å²) < 4.78 is 0. The van der Waals surface area contributed by atoms with Gasteiger partial charge in [-0.1, -0.05) is 20.8 Å². The van der Waals surface area contributed by atoms with Gasteiger partial charge in [0.05, 0.1) is 0 Å². The molecular weight excluding hydrogens is 126 g/mol. The van der Waals surface area contributed by atoms with Crippen molar-refractivity contribution in [2.24, 2.45) is 0 Å². The molecule has 0 rings (SSSR count). The first-order valence-corrected chi connectivity index (χ1v) is 4.03. The Balaban J connectivity index is 3.52. The summed E-state index contributed by atoms with van der Waals surface area (Å²) in [4.78, 5) is 10.8. The lowest BCUT2D eigenvalue weighted by molar-refractivity contribution is -0.121. The third-order valence-electron chi connectivity index (χ3n) is 1.67. The summed E-state index contributed by atoms with van der Waals surface area (Å²) in [6.07, 6.45) is 2.65. The molecule has 0 radical (unpaired) electrons. The molecule has 0 saturated heterocycles. The average molecular weight is 143 g/mol. The molecule has 0 atom stereocenters. The molecule has 0 unspecified atom stereocenters. The van der Waals surface area contributed by atoms with Crippen LogP contribution in [0.3, 0.4) is 0 Å². The molecule has 1 amide bonds. The van der Waals surface area contributed by atoms with Crippen molar-refractivity contribution in [3.63, 3.8) is 0 Å². The zero-order valence-corrected chi connectivity index (χ0v) is 7.11. The highest BCUT2D eigenvalue weighted by molar-refractivity contribution is 5.75. The Morgan fingerprint density at radius 3 is 2.10 bits per heavy atom. The molecule has 60 valence electrons. The largest absolute Gasteiger partial charge is 0.353 e. The molecule has 0 aliphatic heterocycles. The molecule has 10 heavy (non-hydrogen) atoms. The minimum Gasteiger partial charge on any atom is -0.353 e. The molecule has 2 heteroatoms. The Kier molecular flexibility index (Phi) is 4.99. The van der Waals surface area contributed by atoms with Crippen molar-refractivity contribution in [1.82, 2.24) is 5.32 Å². The first kappa shape index (κ1) is 9.47. The van der Waals surface area contributed by atoms with Crippen LogP contribution in [0.15, 0.2) is 0 Å². The fourth-order valence-corrected chi connectivity index (χ4v) is 0.823. The van der Waals surface area contributed by atoms with Crippen molar-refractivity contribution in [1.29, 1.82) is 0 Å². The van der Waals surface area contributed by atoms with Crippen LogP contribution in [0.5, 0.6) is 0 Å². The lowest BCUT2D eigenvalue weighted by Gasteiger charge is -2.13. The van der Waals surface area contributed by atoms with E-state index >= 15 is 0 Å². The summed E-state index contributed by atoms with van der Waals surface area (Å²) in [6, 6.07) is 0.382. The lowest BCUT2D eigenvalue weighted by Crippen LogP contribution is -2.33. The molecule has 0 aromatic rings. The Hall–Kier alpha value is -0.530. The standard InChI is InChI=1S/C8H17NO/c1-4-7(5-2)9-8(10)6-3/h7H,4-6H2,1-3H3,(H,9,10). The highest BCUT2D eigenvalue weighted by atomic mass is 16.1. The molecule has 0 fully saturated rings. The second kappa shape index (κ2) is 5.27. The highest BCUT2D eigenvalue weighted by Crippen LogP contribution is 1.95. The van der Waals surface area contributed by atoms with Crippen LogP contribution in [0.25, 0.3) is 0 Å². The van der Waals surface area contributed by atoms with Crippen LogP contribution in [-0.4, -0.2) is 11.9 Å². The van der Waals surface area contributed by atoms with Crippen molar-refractivity contribution in [2.45, 2.75) is 46.1 Å². The predicted octanol–water partition coefficient (Wildman–Crippen LogP) is 1.70. The van der Waals surface area contributed by atoms with E-state index < -0.39 is 0 Å². The maximum Gasteiger partial charge on any atom is 0.219 e.